The predicted molar refractivity (Wildman–Crippen MR) is 61.6 cm³/mol. The van der Waals surface area contributed by atoms with Gasteiger partial charge in [-0.2, -0.15) is 5.10 Å². The Hall–Kier alpha value is -1.41. The zero-order chi connectivity index (χ0) is 13.1. The normalized spacial score (nSPS) is 13.6. The molecule has 1 aromatic heterocycles. The van der Waals surface area contributed by atoms with Gasteiger partial charge < -0.3 is 5.32 Å². The van der Waals surface area contributed by atoms with E-state index in [9.17, 15) is 13.2 Å². The van der Waals surface area contributed by atoms with E-state index in [0.29, 0.717) is 0 Å². The lowest BCUT2D eigenvalue weighted by Crippen LogP contribution is -2.37. The molecule has 0 aliphatic carbocycles. The van der Waals surface area contributed by atoms with Gasteiger partial charge in [0.1, 0.15) is 4.90 Å². The molecule has 0 bridgehead atoms. The summed E-state index contributed by atoms with van der Waals surface area (Å²) >= 11 is 0. The van der Waals surface area contributed by atoms with Gasteiger partial charge >= 0.3 is 0 Å². The molecule has 8 heteroatoms. The molecule has 1 amide bonds. The molecule has 0 fully saturated rings. The minimum absolute atomic E-state index is 0.0871. The number of aromatic nitrogens is 2. The van der Waals surface area contributed by atoms with Crippen LogP contribution in [-0.2, 0) is 14.8 Å². The fraction of sp³-hybridized carbons (Fsp3) is 0.556. The topological polar surface area (TPSA) is 95.2 Å². The molecule has 2 N–H and O–H groups in total. The first-order valence-corrected chi connectivity index (χ1v) is 6.50. The summed E-state index contributed by atoms with van der Waals surface area (Å²) in [5.41, 5.74) is 0. The van der Waals surface area contributed by atoms with Crippen molar-refractivity contribution in [1.82, 2.24) is 19.8 Å². The quantitative estimate of drug-likeness (QED) is 0.740. The number of sulfonamides is 1. The van der Waals surface area contributed by atoms with E-state index in [4.69, 9.17) is 0 Å². The number of hydrogen-bond donors (Lipinski definition) is 2. The summed E-state index contributed by atoms with van der Waals surface area (Å²) in [6.07, 6.45) is 2.53. The lowest BCUT2D eigenvalue weighted by molar-refractivity contribution is -0.124. The molecule has 0 aliphatic heterocycles. The van der Waals surface area contributed by atoms with Gasteiger partial charge in [0.15, 0.2) is 0 Å². The number of aromatic amines is 1. The zero-order valence-electron chi connectivity index (χ0n) is 9.97. The molecule has 96 valence electrons. The molecule has 0 aromatic carbocycles. The van der Waals surface area contributed by atoms with E-state index in [1.807, 2.05) is 0 Å². The molecule has 7 nitrogen and oxygen atoms in total. The summed E-state index contributed by atoms with van der Waals surface area (Å²) in [6.45, 7) is 1.79. The number of carbonyl (C=O) groups is 1. The summed E-state index contributed by atoms with van der Waals surface area (Å²) in [4.78, 5) is 11.4. The van der Waals surface area contributed by atoms with Crippen molar-refractivity contribution >= 4 is 15.9 Å². The number of carbonyl (C=O) groups excluding carboxylic acids is 1. The van der Waals surface area contributed by atoms with Crippen LogP contribution in [0.5, 0.6) is 0 Å². The smallest absolute Gasteiger partial charge is 0.245 e. The first kappa shape index (κ1) is 13.7. The Morgan fingerprint density at radius 3 is 2.76 bits per heavy atom. The van der Waals surface area contributed by atoms with Crippen LogP contribution in [0.25, 0.3) is 0 Å². The number of hydrogen-bond acceptors (Lipinski definition) is 4. The van der Waals surface area contributed by atoms with Crippen LogP contribution < -0.4 is 5.32 Å². The van der Waals surface area contributed by atoms with Crippen LogP contribution in [-0.4, -0.2) is 49.5 Å². The van der Waals surface area contributed by atoms with Crippen LogP contribution in [0, 0.1) is 5.92 Å². The van der Waals surface area contributed by atoms with Crippen molar-refractivity contribution in [1.29, 1.82) is 0 Å². The molecule has 0 saturated carbocycles. The number of nitrogens with zero attached hydrogens (tertiary/aromatic N) is 2. The molecule has 17 heavy (non-hydrogen) atoms. The monoisotopic (exact) mass is 260 g/mol. The molecule has 0 aliphatic rings. The molecule has 0 radical (unpaired) electrons. The molecule has 1 unspecified atom stereocenters. The second kappa shape index (κ2) is 5.28. The third-order valence-electron chi connectivity index (χ3n) is 2.41. The Morgan fingerprint density at radius 2 is 2.29 bits per heavy atom. The minimum atomic E-state index is -3.57. The van der Waals surface area contributed by atoms with E-state index in [1.165, 1.54) is 26.5 Å². The largest absolute Gasteiger partial charge is 0.359 e. The molecule has 0 saturated heterocycles. The second-order valence-corrected chi connectivity index (χ2v) is 5.78. The van der Waals surface area contributed by atoms with Crippen LogP contribution in [0.15, 0.2) is 17.3 Å². The van der Waals surface area contributed by atoms with Gasteiger partial charge in [-0.15, -0.1) is 0 Å². The van der Waals surface area contributed by atoms with E-state index in [1.54, 1.807) is 6.92 Å². The predicted octanol–water partition coefficient (Wildman–Crippen LogP) is -0.588. The van der Waals surface area contributed by atoms with E-state index in [2.05, 4.69) is 15.5 Å². The highest BCUT2D eigenvalue weighted by molar-refractivity contribution is 7.89. The first-order chi connectivity index (χ1) is 7.89. The molecule has 0 spiro atoms. The third-order valence-corrected chi connectivity index (χ3v) is 4.19. The summed E-state index contributed by atoms with van der Waals surface area (Å²) in [7, 11) is -0.623. The van der Waals surface area contributed by atoms with E-state index in [-0.39, 0.29) is 17.3 Å². The lowest BCUT2D eigenvalue weighted by atomic mass is 10.2. The van der Waals surface area contributed by atoms with Gasteiger partial charge in [0.2, 0.25) is 15.9 Å². The van der Waals surface area contributed by atoms with Gasteiger partial charge in [0, 0.05) is 32.8 Å². The Balaban J connectivity index is 2.77. The Labute approximate surface area is 100 Å². The number of H-pyrrole nitrogens is 1. The maximum Gasteiger partial charge on any atom is 0.245 e. The standard InChI is InChI=1S/C9H16N4O3S/c1-7(9(14)10-2)6-13(3)17(15,16)8-4-11-12-5-8/h4-5,7H,6H2,1-3H3,(H,10,14)(H,11,12). The number of amides is 1. The van der Waals surface area contributed by atoms with Crippen molar-refractivity contribution in [2.24, 2.45) is 5.92 Å². The summed E-state index contributed by atoms with van der Waals surface area (Å²) in [5.74, 6) is -0.606. The van der Waals surface area contributed by atoms with E-state index >= 15 is 0 Å². The molecule has 1 atom stereocenters. The second-order valence-electron chi connectivity index (χ2n) is 3.73. The molecule has 1 heterocycles. The van der Waals surface area contributed by atoms with Crippen molar-refractivity contribution in [3.8, 4) is 0 Å². The number of nitrogens with one attached hydrogen (secondary N) is 2. The van der Waals surface area contributed by atoms with Crippen LogP contribution >= 0.6 is 0 Å². The lowest BCUT2D eigenvalue weighted by Gasteiger charge is -2.19. The number of rotatable bonds is 5. The maximum atomic E-state index is 12.0. The van der Waals surface area contributed by atoms with Crippen LogP contribution in [0.4, 0.5) is 0 Å². The van der Waals surface area contributed by atoms with Gasteiger partial charge in [-0.05, 0) is 0 Å². The Bertz CT molecular complexity index is 468. The third kappa shape index (κ3) is 3.04. The summed E-state index contributed by atoms with van der Waals surface area (Å²) in [5, 5.41) is 8.51. The van der Waals surface area contributed by atoms with Gasteiger partial charge in [-0.3, -0.25) is 9.89 Å². The van der Waals surface area contributed by atoms with Gasteiger partial charge in [-0.1, -0.05) is 6.92 Å². The van der Waals surface area contributed by atoms with Crippen molar-refractivity contribution < 1.29 is 13.2 Å². The van der Waals surface area contributed by atoms with Crippen LogP contribution in [0.3, 0.4) is 0 Å². The maximum absolute atomic E-state index is 12.0. The Morgan fingerprint density at radius 1 is 1.65 bits per heavy atom. The van der Waals surface area contributed by atoms with Crippen molar-refractivity contribution in [3.05, 3.63) is 12.4 Å². The fourth-order valence-electron chi connectivity index (χ4n) is 1.37. The van der Waals surface area contributed by atoms with E-state index < -0.39 is 15.9 Å². The molecular weight excluding hydrogens is 244 g/mol. The first-order valence-electron chi connectivity index (χ1n) is 5.06. The molecular formula is C9H16N4O3S. The van der Waals surface area contributed by atoms with Crippen LogP contribution in [0.1, 0.15) is 6.92 Å². The minimum Gasteiger partial charge on any atom is -0.359 e. The highest BCUT2D eigenvalue weighted by atomic mass is 32.2. The highest BCUT2D eigenvalue weighted by Gasteiger charge is 2.25. The highest BCUT2D eigenvalue weighted by Crippen LogP contribution is 2.13. The van der Waals surface area contributed by atoms with Crippen molar-refractivity contribution in [3.63, 3.8) is 0 Å². The van der Waals surface area contributed by atoms with Gasteiger partial charge in [0.05, 0.1) is 6.20 Å². The van der Waals surface area contributed by atoms with Crippen molar-refractivity contribution in [2.45, 2.75) is 11.8 Å². The summed E-state index contributed by atoms with van der Waals surface area (Å²) < 4.78 is 25.1. The zero-order valence-corrected chi connectivity index (χ0v) is 10.8. The van der Waals surface area contributed by atoms with Gasteiger partial charge in [0.25, 0.3) is 0 Å². The van der Waals surface area contributed by atoms with E-state index in [0.717, 1.165) is 4.31 Å². The SMILES string of the molecule is CNC(=O)C(C)CN(C)S(=O)(=O)c1cn[nH]c1. The van der Waals surface area contributed by atoms with Gasteiger partial charge in [-0.25, -0.2) is 12.7 Å². The average molecular weight is 260 g/mol. The summed E-state index contributed by atoms with van der Waals surface area (Å²) in [6, 6.07) is 0. The molecule has 1 aromatic rings. The average Bonchev–Trinajstić information content (AvgIpc) is 2.81. The molecule has 1 rings (SSSR count). The van der Waals surface area contributed by atoms with Crippen LogP contribution in [0.2, 0.25) is 0 Å². The van der Waals surface area contributed by atoms with Crippen molar-refractivity contribution in [2.75, 3.05) is 20.6 Å². The Kier molecular flexibility index (Phi) is 4.24. The fourth-order valence-corrected chi connectivity index (χ4v) is 2.54.